The number of carboxylic acids is 1. The summed E-state index contributed by atoms with van der Waals surface area (Å²) in [4.78, 5) is 23.0. The summed E-state index contributed by atoms with van der Waals surface area (Å²) >= 11 is 2.74. The highest BCUT2D eigenvalue weighted by molar-refractivity contribution is 8.00. The Kier molecular flexibility index (Phi) is 5.42. The van der Waals surface area contributed by atoms with Gasteiger partial charge in [0.2, 0.25) is 0 Å². The van der Waals surface area contributed by atoms with Crippen LogP contribution in [0, 0.1) is 0 Å². The molecule has 0 aliphatic carbocycles. The van der Waals surface area contributed by atoms with Crippen LogP contribution in [0.25, 0.3) is 0 Å². The fourth-order valence-electron chi connectivity index (χ4n) is 1.09. The summed E-state index contributed by atoms with van der Waals surface area (Å²) in [5.41, 5.74) is 0.635. The molecule has 0 bridgehead atoms. The molecule has 0 spiro atoms. The standard InChI is InChI=1S/C11H12O3S2/c1-15-9-4-2-8(3-5-9)10(12)6-16-7-11(13)14/h2-5H,6-7H2,1H3,(H,13,14). The first-order valence-electron chi connectivity index (χ1n) is 4.60. The van der Waals surface area contributed by atoms with E-state index in [-0.39, 0.29) is 17.3 Å². The topological polar surface area (TPSA) is 54.4 Å². The van der Waals surface area contributed by atoms with Crippen molar-refractivity contribution < 1.29 is 14.7 Å². The van der Waals surface area contributed by atoms with E-state index >= 15 is 0 Å². The second-order valence-electron chi connectivity index (χ2n) is 3.04. The first kappa shape index (κ1) is 13.1. The molecule has 0 radical (unpaired) electrons. The number of carboxylic acid groups (broad SMARTS) is 1. The molecule has 0 heterocycles. The molecule has 0 saturated heterocycles. The minimum atomic E-state index is -0.893. The molecule has 0 aromatic heterocycles. The van der Waals surface area contributed by atoms with Crippen LogP contribution in [-0.2, 0) is 4.79 Å². The quantitative estimate of drug-likeness (QED) is 0.625. The Morgan fingerprint density at radius 2 is 1.81 bits per heavy atom. The third-order valence-corrected chi connectivity index (χ3v) is 3.53. The fourth-order valence-corrected chi connectivity index (χ4v) is 2.13. The molecule has 0 aliphatic rings. The zero-order valence-electron chi connectivity index (χ0n) is 8.80. The van der Waals surface area contributed by atoms with E-state index in [1.54, 1.807) is 23.9 Å². The van der Waals surface area contributed by atoms with E-state index in [0.29, 0.717) is 5.56 Å². The summed E-state index contributed by atoms with van der Waals surface area (Å²) in [6.45, 7) is 0. The lowest BCUT2D eigenvalue weighted by Gasteiger charge is -2.01. The van der Waals surface area contributed by atoms with Crippen molar-refractivity contribution in [1.82, 2.24) is 0 Å². The molecule has 0 amide bonds. The van der Waals surface area contributed by atoms with E-state index in [9.17, 15) is 9.59 Å². The van der Waals surface area contributed by atoms with Crippen LogP contribution in [0.2, 0.25) is 0 Å². The van der Waals surface area contributed by atoms with Crippen LogP contribution in [0.5, 0.6) is 0 Å². The van der Waals surface area contributed by atoms with Gasteiger partial charge in [0, 0.05) is 10.5 Å². The van der Waals surface area contributed by atoms with Gasteiger partial charge >= 0.3 is 5.97 Å². The molecule has 0 aliphatic heterocycles. The van der Waals surface area contributed by atoms with Crippen molar-refractivity contribution in [3.63, 3.8) is 0 Å². The summed E-state index contributed by atoms with van der Waals surface area (Å²) in [5.74, 6) is -0.742. The molecule has 16 heavy (non-hydrogen) atoms. The lowest BCUT2D eigenvalue weighted by atomic mass is 10.1. The van der Waals surface area contributed by atoms with Crippen LogP contribution in [0.15, 0.2) is 29.2 Å². The molecule has 1 N–H and O–H groups in total. The van der Waals surface area contributed by atoms with Gasteiger partial charge in [0.15, 0.2) is 5.78 Å². The molecule has 1 aromatic carbocycles. The number of aliphatic carboxylic acids is 1. The second-order valence-corrected chi connectivity index (χ2v) is 4.90. The number of carbonyl (C=O) groups excluding carboxylic acids is 1. The van der Waals surface area contributed by atoms with E-state index in [1.807, 2.05) is 18.4 Å². The maximum Gasteiger partial charge on any atom is 0.313 e. The Labute approximate surface area is 103 Å². The second kappa shape index (κ2) is 6.60. The normalized spacial score (nSPS) is 10.1. The predicted octanol–water partition coefficient (Wildman–Crippen LogP) is 2.41. The van der Waals surface area contributed by atoms with Crippen LogP contribution in [0.4, 0.5) is 0 Å². The van der Waals surface area contributed by atoms with Crippen molar-refractivity contribution in [2.75, 3.05) is 17.8 Å². The van der Waals surface area contributed by atoms with E-state index in [0.717, 1.165) is 16.7 Å². The van der Waals surface area contributed by atoms with Gasteiger partial charge in [0.05, 0.1) is 11.5 Å². The number of rotatable bonds is 6. The van der Waals surface area contributed by atoms with Gasteiger partial charge in [-0.05, 0) is 18.4 Å². The molecular weight excluding hydrogens is 244 g/mol. The molecule has 1 aromatic rings. The molecule has 3 nitrogen and oxygen atoms in total. The van der Waals surface area contributed by atoms with Crippen molar-refractivity contribution in [1.29, 1.82) is 0 Å². The Bertz CT molecular complexity index is 373. The summed E-state index contributed by atoms with van der Waals surface area (Å²) in [5, 5.41) is 8.43. The van der Waals surface area contributed by atoms with Gasteiger partial charge in [0.25, 0.3) is 0 Å². The van der Waals surface area contributed by atoms with Crippen molar-refractivity contribution in [3.8, 4) is 0 Å². The highest BCUT2D eigenvalue weighted by atomic mass is 32.2. The first-order chi connectivity index (χ1) is 7.63. The van der Waals surface area contributed by atoms with Gasteiger partial charge in [-0.3, -0.25) is 9.59 Å². The maximum absolute atomic E-state index is 11.6. The number of carbonyl (C=O) groups is 2. The average molecular weight is 256 g/mol. The van der Waals surface area contributed by atoms with Crippen molar-refractivity contribution >= 4 is 35.3 Å². The van der Waals surface area contributed by atoms with Gasteiger partial charge in [0.1, 0.15) is 0 Å². The van der Waals surface area contributed by atoms with E-state index < -0.39 is 5.97 Å². The number of ketones is 1. The minimum absolute atomic E-state index is 0.0288. The van der Waals surface area contributed by atoms with Gasteiger partial charge in [-0.1, -0.05) is 12.1 Å². The number of Topliss-reactive ketones (excluding diaryl/α,β-unsaturated/α-hetero) is 1. The lowest BCUT2D eigenvalue weighted by molar-refractivity contribution is -0.133. The lowest BCUT2D eigenvalue weighted by Crippen LogP contribution is -2.06. The highest BCUT2D eigenvalue weighted by Crippen LogP contribution is 2.16. The van der Waals surface area contributed by atoms with Crippen molar-refractivity contribution in [2.24, 2.45) is 0 Å². The smallest absolute Gasteiger partial charge is 0.313 e. The molecular formula is C11H12O3S2. The molecule has 0 saturated carbocycles. The predicted molar refractivity (Wildman–Crippen MR) is 67.5 cm³/mol. The van der Waals surface area contributed by atoms with E-state index in [2.05, 4.69) is 0 Å². The fraction of sp³-hybridized carbons (Fsp3) is 0.273. The number of benzene rings is 1. The number of hydrogen-bond acceptors (Lipinski definition) is 4. The largest absolute Gasteiger partial charge is 0.481 e. The molecule has 0 fully saturated rings. The van der Waals surface area contributed by atoms with Crippen LogP contribution < -0.4 is 0 Å². The maximum atomic E-state index is 11.6. The van der Waals surface area contributed by atoms with Gasteiger partial charge < -0.3 is 5.11 Å². The Morgan fingerprint density at radius 3 is 2.31 bits per heavy atom. The van der Waals surface area contributed by atoms with E-state index in [4.69, 9.17) is 5.11 Å². The van der Waals surface area contributed by atoms with Gasteiger partial charge in [-0.15, -0.1) is 23.5 Å². The summed E-state index contributed by atoms with van der Waals surface area (Å²) in [6, 6.07) is 7.32. The summed E-state index contributed by atoms with van der Waals surface area (Å²) in [7, 11) is 0. The Morgan fingerprint density at radius 1 is 1.19 bits per heavy atom. The molecule has 0 unspecified atom stereocenters. The number of thioether (sulfide) groups is 2. The first-order valence-corrected chi connectivity index (χ1v) is 6.98. The van der Waals surface area contributed by atoms with Crippen LogP contribution >= 0.6 is 23.5 Å². The van der Waals surface area contributed by atoms with Crippen LogP contribution in [0.3, 0.4) is 0 Å². The zero-order chi connectivity index (χ0) is 12.0. The van der Waals surface area contributed by atoms with Crippen LogP contribution in [-0.4, -0.2) is 34.6 Å². The van der Waals surface area contributed by atoms with Gasteiger partial charge in [-0.2, -0.15) is 0 Å². The molecule has 0 atom stereocenters. The molecule has 5 heteroatoms. The van der Waals surface area contributed by atoms with Crippen LogP contribution in [0.1, 0.15) is 10.4 Å². The molecule has 1 rings (SSSR count). The summed E-state index contributed by atoms with van der Waals surface area (Å²) in [6.07, 6.45) is 1.97. The zero-order valence-corrected chi connectivity index (χ0v) is 10.4. The SMILES string of the molecule is CSc1ccc(C(=O)CSCC(=O)O)cc1. The van der Waals surface area contributed by atoms with Crippen molar-refractivity contribution in [2.45, 2.75) is 4.90 Å². The third-order valence-electron chi connectivity index (χ3n) is 1.87. The summed E-state index contributed by atoms with van der Waals surface area (Å²) < 4.78 is 0. The minimum Gasteiger partial charge on any atom is -0.481 e. The average Bonchev–Trinajstić information content (AvgIpc) is 2.28. The Balaban J connectivity index is 2.49. The monoisotopic (exact) mass is 256 g/mol. The third kappa shape index (κ3) is 4.28. The van der Waals surface area contributed by atoms with E-state index in [1.165, 1.54) is 0 Å². The van der Waals surface area contributed by atoms with Crippen molar-refractivity contribution in [3.05, 3.63) is 29.8 Å². The van der Waals surface area contributed by atoms with Gasteiger partial charge in [-0.25, -0.2) is 0 Å². The highest BCUT2D eigenvalue weighted by Gasteiger charge is 2.07. The number of hydrogen-bond donors (Lipinski definition) is 1. The Hall–Kier alpha value is -0.940. The molecule has 86 valence electrons.